The fourth-order valence-electron chi connectivity index (χ4n) is 3.13. The number of aryl methyl sites for hydroxylation is 1. The van der Waals surface area contributed by atoms with Gasteiger partial charge in [-0.3, -0.25) is 5.10 Å². The average Bonchev–Trinajstić information content (AvgIpc) is 2.98. The number of likely N-dealkylation sites (N-methyl/N-ethyl adjacent to an activating group) is 1. The van der Waals surface area contributed by atoms with Crippen molar-refractivity contribution in [3.8, 4) is 0 Å². The zero-order valence-corrected chi connectivity index (χ0v) is 14.6. The molecule has 3 rings (SSSR count). The van der Waals surface area contributed by atoms with Crippen LogP contribution in [0.25, 0.3) is 0 Å². The third kappa shape index (κ3) is 3.76. The van der Waals surface area contributed by atoms with E-state index >= 15 is 0 Å². The molecule has 0 saturated carbocycles. The van der Waals surface area contributed by atoms with Gasteiger partial charge in [0.15, 0.2) is 0 Å². The second-order valence-electron chi connectivity index (χ2n) is 6.62. The maximum Gasteiger partial charge on any atom is 0.123 e. The van der Waals surface area contributed by atoms with E-state index in [0.717, 1.165) is 48.7 Å². The highest BCUT2D eigenvalue weighted by Gasteiger charge is 2.20. The van der Waals surface area contributed by atoms with Crippen molar-refractivity contribution in [2.75, 3.05) is 38.1 Å². The Labute approximate surface area is 142 Å². The summed E-state index contributed by atoms with van der Waals surface area (Å²) >= 11 is 0. The van der Waals surface area contributed by atoms with E-state index in [1.807, 2.05) is 19.2 Å². The fourth-order valence-corrected chi connectivity index (χ4v) is 3.13. The fraction of sp³-hybridized carbons (Fsp3) is 0.500. The Morgan fingerprint density at radius 2 is 2.04 bits per heavy atom. The topological polar surface area (TPSA) is 47.2 Å². The summed E-state index contributed by atoms with van der Waals surface area (Å²) in [4.78, 5) is 4.68. The molecular formula is C18H26FN5. The first-order valence-corrected chi connectivity index (χ1v) is 8.50. The summed E-state index contributed by atoms with van der Waals surface area (Å²) in [5.74, 6) is -0.184. The Morgan fingerprint density at radius 1 is 1.29 bits per heavy atom. The highest BCUT2D eigenvalue weighted by Crippen LogP contribution is 2.28. The molecule has 130 valence electrons. The highest BCUT2D eigenvalue weighted by molar-refractivity contribution is 5.55. The van der Waals surface area contributed by atoms with Gasteiger partial charge in [0.25, 0.3) is 0 Å². The van der Waals surface area contributed by atoms with E-state index in [4.69, 9.17) is 0 Å². The van der Waals surface area contributed by atoms with Gasteiger partial charge in [0, 0.05) is 55.7 Å². The average molecular weight is 331 g/mol. The molecule has 1 unspecified atom stereocenters. The van der Waals surface area contributed by atoms with Crippen LogP contribution >= 0.6 is 0 Å². The van der Waals surface area contributed by atoms with Crippen LogP contribution in [0, 0.1) is 12.7 Å². The maximum absolute atomic E-state index is 13.8. The molecule has 1 fully saturated rings. The molecule has 1 aliphatic rings. The van der Waals surface area contributed by atoms with E-state index in [1.165, 1.54) is 0 Å². The van der Waals surface area contributed by atoms with Crippen LogP contribution in [0.2, 0.25) is 0 Å². The van der Waals surface area contributed by atoms with E-state index in [1.54, 1.807) is 12.1 Å². The van der Waals surface area contributed by atoms with Gasteiger partial charge in [-0.25, -0.2) is 4.39 Å². The number of hydrogen-bond acceptors (Lipinski definition) is 4. The SMILES string of the molecule is Cc1[nH]ncc1CNC(C)c1cc(F)ccc1N1CCN(C)CC1. The number of anilines is 1. The van der Waals surface area contributed by atoms with Gasteiger partial charge in [-0.1, -0.05) is 0 Å². The lowest BCUT2D eigenvalue weighted by Crippen LogP contribution is -2.45. The van der Waals surface area contributed by atoms with Gasteiger partial charge >= 0.3 is 0 Å². The Kier molecular flexibility index (Phi) is 5.16. The van der Waals surface area contributed by atoms with Gasteiger partial charge in [-0.05, 0) is 44.7 Å². The molecule has 1 aromatic heterocycles. The van der Waals surface area contributed by atoms with Crippen LogP contribution in [0.15, 0.2) is 24.4 Å². The molecule has 2 heterocycles. The Morgan fingerprint density at radius 3 is 2.71 bits per heavy atom. The van der Waals surface area contributed by atoms with Crippen molar-refractivity contribution in [1.29, 1.82) is 0 Å². The van der Waals surface area contributed by atoms with E-state index in [-0.39, 0.29) is 11.9 Å². The van der Waals surface area contributed by atoms with E-state index in [9.17, 15) is 4.39 Å². The van der Waals surface area contributed by atoms with Crippen molar-refractivity contribution >= 4 is 5.69 Å². The minimum Gasteiger partial charge on any atom is -0.369 e. The number of rotatable bonds is 5. The summed E-state index contributed by atoms with van der Waals surface area (Å²) in [5, 5.41) is 10.5. The number of halogens is 1. The van der Waals surface area contributed by atoms with E-state index in [2.05, 4.69) is 39.3 Å². The number of piperazine rings is 1. The Hall–Kier alpha value is -1.92. The molecule has 1 aromatic carbocycles. The molecule has 0 bridgehead atoms. The van der Waals surface area contributed by atoms with Crippen LogP contribution in [0.5, 0.6) is 0 Å². The molecular weight excluding hydrogens is 305 g/mol. The number of nitrogens with zero attached hydrogens (tertiary/aromatic N) is 3. The Bertz CT molecular complexity index is 676. The molecule has 0 spiro atoms. The van der Waals surface area contributed by atoms with E-state index < -0.39 is 0 Å². The van der Waals surface area contributed by atoms with Crippen molar-refractivity contribution in [1.82, 2.24) is 20.4 Å². The monoisotopic (exact) mass is 331 g/mol. The van der Waals surface area contributed by atoms with Gasteiger partial charge in [-0.2, -0.15) is 5.10 Å². The van der Waals surface area contributed by atoms with Gasteiger partial charge < -0.3 is 15.1 Å². The van der Waals surface area contributed by atoms with Crippen molar-refractivity contribution in [3.63, 3.8) is 0 Å². The summed E-state index contributed by atoms with van der Waals surface area (Å²) in [5.41, 5.74) is 4.35. The van der Waals surface area contributed by atoms with Crippen LogP contribution in [0.3, 0.4) is 0 Å². The van der Waals surface area contributed by atoms with Gasteiger partial charge in [-0.15, -0.1) is 0 Å². The van der Waals surface area contributed by atoms with Crippen molar-refractivity contribution in [2.24, 2.45) is 0 Å². The van der Waals surface area contributed by atoms with Gasteiger partial charge in [0.1, 0.15) is 5.82 Å². The predicted octanol–water partition coefficient (Wildman–Crippen LogP) is 2.46. The Balaban J connectivity index is 1.75. The lowest BCUT2D eigenvalue weighted by molar-refractivity contribution is 0.312. The maximum atomic E-state index is 13.8. The largest absolute Gasteiger partial charge is 0.369 e. The highest BCUT2D eigenvalue weighted by atomic mass is 19.1. The minimum atomic E-state index is -0.184. The van der Waals surface area contributed by atoms with Gasteiger partial charge in [0.05, 0.1) is 6.20 Å². The van der Waals surface area contributed by atoms with Crippen molar-refractivity contribution in [2.45, 2.75) is 26.4 Å². The molecule has 1 atom stereocenters. The number of hydrogen-bond donors (Lipinski definition) is 2. The quantitative estimate of drug-likeness (QED) is 0.884. The van der Waals surface area contributed by atoms with Crippen molar-refractivity contribution in [3.05, 3.63) is 47.0 Å². The molecule has 2 N–H and O–H groups in total. The van der Waals surface area contributed by atoms with Crippen molar-refractivity contribution < 1.29 is 4.39 Å². The lowest BCUT2D eigenvalue weighted by Gasteiger charge is -2.36. The normalized spacial score (nSPS) is 17.2. The number of nitrogens with one attached hydrogen (secondary N) is 2. The second kappa shape index (κ2) is 7.32. The first-order valence-electron chi connectivity index (χ1n) is 8.50. The first-order chi connectivity index (χ1) is 11.5. The minimum absolute atomic E-state index is 0.0599. The second-order valence-corrected chi connectivity index (χ2v) is 6.62. The lowest BCUT2D eigenvalue weighted by atomic mass is 10.0. The third-order valence-corrected chi connectivity index (χ3v) is 4.83. The summed E-state index contributed by atoms with van der Waals surface area (Å²) in [7, 11) is 2.14. The molecule has 1 saturated heterocycles. The standard InChI is InChI=1S/C18H26FN5/c1-13-15(12-21-22-13)11-20-14(2)17-10-16(19)4-5-18(17)24-8-6-23(3)7-9-24/h4-5,10,12,14,20H,6-9,11H2,1-3H3,(H,21,22). The van der Waals surface area contributed by atoms with Crippen LogP contribution in [-0.2, 0) is 6.54 Å². The molecule has 0 radical (unpaired) electrons. The first kappa shape index (κ1) is 16.9. The smallest absolute Gasteiger partial charge is 0.123 e. The summed E-state index contributed by atoms with van der Waals surface area (Å²) in [6, 6.07) is 5.19. The zero-order valence-electron chi connectivity index (χ0n) is 14.6. The summed E-state index contributed by atoms with van der Waals surface area (Å²) in [6.45, 7) is 8.82. The molecule has 2 aromatic rings. The molecule has 6 heteroatoms. The van der Waals surface area contributed by atoms with E-state index in [0.29, 0.717) is 6.54 Å². The van der Waals surface area contributed by atoms with Crippen LogP contribution in [-0.4, -0.2) is 48.3 Å². The number of aromatic amines is 1. The molecule has 5 nitrogen and oxygen atoms in total. The number of H-pyrrole nitrogens is 1. The number of aromatic nitrogens is 2. The predicted molar refractivity (Wildman–Crippen MR) is 94.7 cm³/mol. The third-order valence-electron chi connectivity index (χ3n) is 4.83. The molecule has 0 amide bonds. The summed E-state index contributed by atoms with van der Waals surface area (Å²) < 4.78 is 13.8. The molecule has 0 aliphatic carbocycles. The number of benzene rings is 1. The van der Waals surface area contributed by atoms with Gasteiger partial charge in [0.2, 0.25) is 0 Å². The zero-order chi connectivity index (χ0) is 17.1. The molecule has 1 aliphatic heterocycles. The summed E-state index contributed by atoms with van der Waals surface area (Å²) in [6.07, 6.45) is 1.84. The molecule has 24 heavy (non-hydrogen) atoms. The van der Waals surface area contributed by atoms with Crippen LogP contribution < -0.4 is 10.2 Å². The van der Waals surface area contributed by atoms with Crippen LogP contribution in [0.4, 0.5) is 10.1 Å². The van der Waals surface area contributed by atoms with Crippen LogP contribution in [0.1, 0.15) is 29.8 Å².